The number of nitrogens with zero attached hydrogens (tertiary/aromatic N) is 1. The molecule has 2 atom stereocenters. The molecule has 0 spiro atoms. The molecule has 17 heavy (non-hydrogen) atoms. The summed E-state index contributed by atoms with van der Waals surface area (Å²) in [5.74, 6) is 2.76. The molecule has 1 aromatic heterocycles. The van der Waals surface area contributed by atoms with E-state index in [0.717, 1.165) is 29.8 Å². The molecule has 2 heterocycles. The van der Waals surface area contributed by atoms with Crippen LogP contribution in [-0.2, 0) is 6.42 Å². The first-order valence-corrected chi connectivity index (χ1v) is 8.93. The van der Waals surface area contributed by atoms with E-state index in [0.29, 0.717) is 16.3 Å². The SMILES string of the molecule is CC1SCCSC1c1nc2c(s1)C(=O)CCC2. The molecule has 1 aliphatic carbocycles. The van der Waals surface area contributed by atoms with Crippen molar-refractivity contribution in [1.29, 1.82) is 0 Å². The number of thioether (sulfide) groups is 2. The number of thiazole rings is 1. The lowest BCUT2D eigenvalue weighted by Crippen LogP contribution is -2.15. The van der Waals surface area contributed by atoms with Crippen LogP contribution in [0.15, 0.2) is 0 Å². The Labute approximate surface area is 114 Å². The predicted molar refractivity (Wildman–Crippen MR) is 76.5 cm³/mol. The van der Waals surface area contributed by atoms with Crippen LogP contribution in [0.4, 0.5) is 0 Å². The number of aromatic nitrogens is 1. The van der Waals surface area contributed by atoms with Crippen LogP contribution in [0.3, 0.4) is 0 Å². The molecular weight excluding hydrogens is 270 g/mol. The fourth-order valence-corrected chi connectivity index (χ4v) is 6.55. The Balaban J connectivity index is 1.90. The predicted octanol–water partition coefficient (Wildman–Crippen LogP) is 3.57. The normalized spacial score (nSPS) is 29.1. The van der Waals surface area contributed by atoms with E-state index in [1.807, 2.05) is 23.5 Å². The molecule has 2 unspecified atom stereocenters. The molecule has 0 radical (unpaired) electrons. The van der Waals surface area contributed by atoms with Gasteiger partial charge in [0.05, 0.1) is 15.8 Å². The monoisotopic (exact) mass is 285 g/mol. The van der Waals surface area contributed by atoms with Gasteiger partial charge in [0.15, 0.2) is 5.78 Å². The Kier molecular flexibility index (Phi) is 3.50. The minimum atomic E-state index is 0.316. The number of fused-ring (bicyclic) bond motifs is 1. The standard InChI is InChI=1S/C12H15NOS3/c1-7-10(16-6-5-15-7)12-13-8-3-2-4-9(14)11(8)17-12/h7,10H,2-6H2,1H3. The van der Waals surface area contributed by atoms with Crippen LogP contribution in [-0.4, -0.2) is 27.5 Å². The van der Waals surface area contributed by atoms with Crippen LogP contribution in [0.2, 0.25) is 0 Å². The summed E-state index contributed by atoms with van der Waals surface area (Å²) in [6, 6.07) is 0. The van der Waals surface area contributed by atoms with Gasteiger partial charge in [-0.05, 0) is 12.8 Å². The highest BCUT2D eigenvalue weighted by atomic mass is 32.2. The van der Waals surface area contributed by atoms with E-state index in [4.69, 9.17) is 4.98 Å². The first kappa shape index (κ1) is 12.1. The van der Waals surface area contributed by atoms with Gasteiger partial charge in [-0.3, -0.25) is 4.79 Å². The smallest absolute Gasteiger partial charge is 0.174 e. The summed E-state index contributed by atoms with van der Waals surface area (Å²) in [4.78, 5) is 17.5. The number of ketones is 1. The number of hydrogen-bond acceptors (Lipinski definition) is 5. The Morgan fingerprint density at radius 1 is 1.24 bits per heavy atom. The van der Waals surface area contributed by atoms with Gasteiger partial charge in [-0.15, -0.1) is 23.1 Å². The zero-order chi connectivity index (χ0) is 11.8. The number of aryl methyl sites for hydroxylation is 1. The first-order valence-electron chi connectivity index (χ1n) is 6.01. The Morgan fingerprint density at radius 3 is 2.82 bits per heavy atom. The molecule has 0 bridgehead atoms. The van der Waals surface area contributed by atoms with Crippen molar-refractivity contribution >= 4 is 40.6 Å². The average Bonchev–Trinajstić information content (AvgIpc) is 2.75. The number of rotatable bonds is 1. The largest absolute Gasteiger partial charge is 0.293 e. The summed E-state index contributed by atoms with van der Waals surface area (Å²) < 4.78 is 0. The maximum Gasteiger partial charge on any atom is 0.174 e. The minimum absolute atomic E-state index is 0.316. The molecule has 1 fully saturated rings. The van der Waals surface area contributed by atoms with E-state index in [9.17, 15) is 4.79 Å². The maximum atomic E-state index is 11.8. The molecule has 0 N–H and O–H groups in total. The van der Waals surface area contributed by atoms with Crippen molar-refractivity contribution in [2.75, 3.05) is 11.5 Å². The van der Waals surface area contributed by atoms with Gasteiger partial charge in [-0.1, -0.05) is 6.92 Å². The number of hydrogen-bond donors (Lipinski definition) is 0. The number of Topliss-reactive ketones (excluding diaryl/α,β-unsaturated/α-hetero) is 1. The summed E-state index contributed by atoms with van der Waals surface area (Å²) in [5.41, 5.74) is 1.07. The van der Waals surface area contributed by atoms with E-state index >= 15 is 0 Å². The van der Waals surface area contributed by atoms with E-state index in [-0.39, 0.29) is 0 Å². The maximum absolute atomic E-state index is 11.8. The second kappa shape index (κ2) is 4.94. The molecule has 1 aromatic rings. The average molecular weight is 285 g/mol. The third-order valence-corrected chi connectivity index (χ3v) is 7.69. The second-order valence-corrected chi connectivity index (χ2v) is 8.24. The summed E-state index contributed by atoms with van der Waals surface area (Å²) in [6.07, 6.45) is 2.70. The third-order valence-electron chi connectivity index (χ3n) is 3.22. The van der Waals surface area contributed by atoms with Crippen molar-refractivity contribution in [2.45, 2.75) is 36.7 Å². The minimum Gasteiger partial charge on any atom is -0.293 e. The zero-order valence-electron chi connectivity index (χ0n) is 9.77. The van der Waals surface area contributed by atoms with Gasteiger partial charge in [0.2, 0.25) is 0 Å². The molecule has 2 aliphatic rings. The molecule has 0 aromatic carbocycles. The fourth-order valence-electron chi connectivity index (χ4n) is 2.31. The molecule has 0 saturated carbocycles. The quantitative estimate of drug-likeness (QED) is 0.789. The molecule has 3 rings (SSSR count). The summed E-state index contributed by atoms with van der Waals surface area (Å²) in [5, 5.41) is 2.31. The van der Waals surface area contributed by atoms with E-state index < -0.39 is 0 Å². The van der Waals surface area contributed by atoms with Crippen molar-refractivity contribution in [2.24, 2.45) is 0 Å². The number of carbonyl (C=O) groups is 1. The molecule has 1 saturated heterocycles. The van der Waals surface area contributed by atoms with Gasteiger partial charge in [-0.2, -0.15) is 11.8 Å². The first-order chi connectivity index (χ1) is 8.25. The highest BCUT2D eigenvalue weighted by Gasteiger charge is 2.30. The van der Waals surface area contributed by atoms with Crippen LogP contribution in [0, 0.1) is 0 Å². The van der Waals surface area contributed by atoms with Crippen LogP contribution >= 0.6 is 34.9 Å². The lowest BCUT2D eigenvalue weighted by atomic mass is 10.0. The highest BCUT2D eigenvalue weighted by Crippen LogP contribution is 2.44. The van der Waals surface area contributed by atoms with Crippen molar-refractivity contribution in [3.63, 3.8) is 0 Å². The van der Waals surface area contributed by atoms with E-state index in [2.05, 4.69) is 6.92 Å². The molecule has 92 valence electrons. The van der Waals surface area contributed by atoms with Gasteiger partial charge >= 0.3 is 0 Å². The van der Waals surface area contributed by atoms with Gasteiger partial charge in [0.1, 0.15) is 5.01 Å². The summed E-state index contributed by atoms with van der Waals surface area (Å²) in [7, 11) is 0. The van der Waals surface area contributed by atoms with E-state index in [1.54, 1.807) is 11.3 Å². The zero-order valence-corrected chi connectivity index (χ0v) is 12.2. The summed E-state index contributed by atoms with van der Waals surface area (Å²) >= 11 is 5.69. The molecule has 5 heteroatoms. The summed E-state index contributed by atoms with van der Waals surface area (Å²) in [6.45, 7) is 2.28. The van der Waals surface area contributed by atoms with Gasteiger partial charge in [0.25, 0.3) is 0 Å². The molecule has 0 amide bonds. The Morgan fingerprint density at radius 2 is 2.06 bits per heavy atom. The lowest BCUT2D eigenvalue weighted by Gasteiger charge is -2.25. The fraction of sp³-hybridized carbons (Fsp3) is 0.667. The van der Waals surface area contributed by atoms with Crippen LogP contribution in [0.1, 0.15) is 45.4 Å². The van der Waals surface area contributed by atoms with Gasteiger partial charge < -0.3 is 0 Å². The molecule has 1 aliphatic heterocycles. The van der Waals surface area contributed by atoms with Crippen molar-refractivity contribution in [3.05, 3.63) is 15.6 Å². The topological polar surface area (TPSA) is 30.0 Å². The second-order valence-electron chi connectivity index (χ2n) is 4.47. The third kappa shape index (κ3) is 2.29. The molecule has 2 nitrogen and oxygen atoms in total. The van der Waals surface area contributed by atoms with Crippen LogP contribution in [0.25, 0.3) is 0 Å². The van der Waals surface area contributed by atoms with Crippen molar-refractivity contribution in [1.82, 2.24) is 4.98 Å². The Hall–Kier alpha value is -0.0000000000000000555. The van der Waals surface area contributed by atoms with Crippen molar-refractivity contribution in [3.8, 4) is 0 Å². The van der Waals surface area contributed by atoms with Gasteiger partial charge in [-0.25, -0.2) is 4.98 Å². The highest BCUT2D eigenvalue weighted by molar-refractivity contribution is 8.06. The molecular formula is C12H15NOS3. The van der Waals surface area contributed by atoms with Gasteiger partial charge in [0, 0.05) is 23.2 Å². The van der Waals surface area contributed by atoms with E-state index in [1.165, 1.54) is 16.5 Å². The van der Waals surface area contributed by atoms with Crippen LogP contribution < -0.4 is 0 Å². The Bertz CT molecular complexity index is 443. The van der Waals surface area contributed by atoms with Crippen molar-refractivity contribution < 1.29 is 4.79 Å². The number of carbonyl (C=O) groups excluding carboxylic acids is 1. The van der Waals surface area contributed by atoms with Crippen LogP contribution in [0.5, 0.6) is 0 Å². The lowest BCUT2D eigenvalue weighted by molar-refractivity contribution is 0.0976.